The van der Waals surface area contributed by atoms with E-state index in [0.717, 1.165) is 12.1 Å². The second kappa shape index (κ2) is 6.98. The Labute approximate surface area is 120 Å². The molecule has 0 amide bonds. The molecule has 0 radical (unpaired) electrons. The summed E-state index contributed by atoms with van der Waals surface area (Å²) in [5, 5.41) is 3.87. The molecule has 0 aliphatic rings. The zero-order valence-electron chi connectivity index (χ0n) is 12.2. The van der Waals surface area contributed by atoms with Gasteiger partial charge in [-0.05, 0) is 31.5 Å². The van der Waals surface area contributed by atoms with Gasteiger partial charge in [-0.1, -0.05) is 11.6 Å². The van der Waals surface area contributed by atoms with E-state index in [0.29, 0.717) is 23.1 Å². The number of benzene rings is 1. The molecule has 1 aromatic rings. The normalized spacial score (nSPS) is 11.5. The highest BCUT2D eigenvalue weighted by Crippen LogP contribution is 2.35. The first-order valence-electron chi connectivity index (χ1n) is 6.10. The molecule has 5 heteroatoms. The smallest absolute Gasteiger partial charge is 0.179 e. The van der Waals surface area contributed by atoms with Crippen molar-refractivity contribution in [3.05, 3.63) is 22.7 Å². The summed E-state index contributed by atoms with van der Waals surface area (Å²) in [5.41, 5.74) is 0.843. The Morgan fingerprint density at radius 1 is 1.16 bits per heavy atom. The van der Waals surface area contributed by atoms with Gasteiger partial charge in [0.1, 0.15) is 0 Å². The maximum absolute atomic E-state index is 6.15. The van der Waals surface area contributed by atoms with Gasteiger partial charge in [0.25, 0.3) is 0 Å². The lowest BCUT2D eigenvalue weighted by Crippen LogP contribution is -2.36. The molecule has 0 heterocycles. The summed E-state index contributed by atoms with van der Waals surface area (Å²) in [6, 6.07) is 3.78. The SMILES string of the molecule is COc1cc(CNCC(C)(C)OC)cc(Cl)c1OC. The highest BCUT2D eigenvalue weighted by atomic mass is 35.5. The molecule has 108 valence electrons. The van der Waals surface area contributed by atoms with Gasteiger partial charge in [0.15, 0.2) is 11.5 Å². The molecule has 1 N–H and O–H groups in total. The second-order valence-corrected chi connectivity index (χ2v) is 5.29. The molecule has 0 saturated carbocycles. The molecule has 4 nitrogen and oxygen atoms in total. The molecule has 0 saturated heterocycles. The van der Waals surface area contributed by atoms with Crippen molar-refractivity contribution in [1.82, 2.24) is 5.32 Å². The van der Waals surface area contributed by atoms with Gasteiger partial charge in [-0.25, -0.2) is 0 Å². The molecule has 0 atom stereocenters. The minimum absolute atomic E-state index is 0.194. The third-order valence-electron chi connectivity index (χ3n) is 2.93. The van der Waals surface area contributed by atoms with Crippen LogP contribution >= 0.6 is 11.6 Å². The van der Waals surface area contributed by atoms with Crippen LogP contribution in [0.2, 0.25) is 5.02 Å². The highest BCUT2D eigenvalue weighted by molar-refractivity contribution is 6.32. The average molecular weight is 288 g/mol. The van der Waals surface area contributed by atoms with E-state index in [4.69, 9.17) is 25.8 Å². The Balaban J connectivity index is 2.72. The zero-order valence-corrected chi connectivity index (χ0v) is 12.9. The summed E-state index contributed by atoms with van der Waals surface area (Å²) in [4.78, 5) is 0. The van der Waals surface area contributed by atoms with Crippen molar-refractivity contribution in [1.29, 1.82) is 0 Å². The number of hydrogen-bond acceptors (Lipinski definition) is 4. The quantitative estimate of drug-likeness (QED) is 0.837. The Bertz CT molecular complexity index is 421. The van der Waals surface area contributed by atoms with E-state index in [1.54, 1.807) is 21.3 Å². The van der Waals surface area contributed by atoms with Gasteiger partial charge < -0.3 is 19.5 Å². The molecule has 19 heavy (non-hydrogen) atoms. The van der Waals surface area contributed by atoms with Crippen molar-refractivity contribution in [2.24, 2.45) is 0 Å². The number of methoxy groups -OCH3 is 3. The van der Waals surface area contributed by atoms with Crippen LogP contribution in [0.15, 0.2) is 12.1 Å². The molecule has 0 spiro atoms. The molecule has 0 bridgehead atoms. The number of hydrogen-bond donors (Lipinski definition) is 1. The molecule has 0 unspecified atom stereocenters. The Morgan fingerprint density at radius 3 is 2.37 bits per heavy atom. The maximum atomic E-state index is 6.15. The van der Waals surface area contributed by atoms with Crippen LogP contribution in [0.4, 0.5) is 0 Å². The lowest BCUT2D eigenvalue weighted by atomic mass is 10.1. The third-order valence-corrected chi connectivity index (χ3v) is 3.21. The molecular weight excluding hydrogens is 266 g/mol. The van der Waals surface area contributed by atoms with Crippen LogP contribution < -0.4 is 14.8 Å². The first-order valence-corrected chi connectivity index (χ1v) is 6.47. The lowest BCUT2D eigenvalue weighted by molar-refractivity contribution is 0.0230. The van der Waals surface area contributed by atoms with Gasteiger partial charge in [0, 0.05) is 20.2 Å². The molecule has 1 aromatic carbocycles. The maximum Gasteiger partial charge on any atom is 0.179 e. The van der Waals surface area contributed by atoms with E-state index in [1.165, 1.54) is 0 Å². The summed E-state index contributed by atoms with van der Waals surface area (Å²) in [5.74, 6) is 1.20. The summed E-state index contributed by atoms with van der Waals surface area (Å²) in [7, 11) is 4.87. The molecule has 0 aliphatic carbocycles. The Morgan fingerprint density at radius 2 is 1.84 bits per heavy atom. The minimum atomic E-state index is -0.194. The standard InChI is InChI=1S/C14H22ClNO3/c1-14(2,19-5)9-16-8-10-6-11(15)13(18-4)12(7-10)17-3/h6-7,16H,8-9H2,1-5H3. The number of rotatable bonds is 7. The first kappa shape index (κ1) is 16.1. The van der Waals surface area contributed by atoms with Crippen molar-refractivity contribution in [3.8, 4) is 11.5 Å². The average Bonchev–Trinajstić information content (AvgIpc) is 2.37. The largest absolute Gasteiger partial charge is 0.493 e. The highest BCUT2D eigenvalue weighted by Gasteiger charge is 2.16. The van der Waals surface area contributed by atoms with Crippen molar-refractivity contribution in [3.63, 3.8) is 0 Å². The van der Waals surface area contributed by atoms with E-state index in [1.807, 2.05) is 26.0 Å². The Kier molecular flexibility index (Phi) is 5.91. The van der Waals surface area contributed by atoms with Crippen LogP contribution in [-0.2, 0) is 11.3 Å². The Hall–Kier alpha value is -0.970. The van der Waals surface area contributed by atoms with Crippen LogP contribution in [-0.4, -0.2) is 33.5 Å². The first-order chi connectivity index (χ1) is 8.93. The molecular formula is C14H22ClNO3. The minimum Gasteiger partial charge on any atom is -0.493 e. The molecule has 1 rings (SSSR count). The number of halogens is 1. The molecule has 0 fully saturated rings. The van der Waals surface area contributed by atoms with Crippen LogP contribution in [0, 0.1) is 0 Å². The van der Waals surface area contributed by atoms with E-state index < -0.39 is 0 Å². The van der Waals surface area contributed by atoms with Crippen LogP contribution in [0.1, 0.15) is 19.4 Å². The van der Waals surface area contributed by atoms with Gasteiger partial charge in [-0.15, -0.1) is 0 Å². The summed E-state index contributed by atoms with van der Waals surface area (Å²) in [6.07, 6.45) is 0. The molecule has 0 aromatic heterocycles. The predicted molar refractivity (Wildman–Crippen MR) is 77.4 cm³/mol. The van der Waals surface area contributed by atoms with E-state index in [9.17, 15) is 0 Å². The van der Waals surface area contributed by atoms with Gasteiger partial charge in [0.05, 0.1) is 24.8 Å². The van der Waals surface area contributed by atoms with Crippen molar-refractivity contribution in [2.75, 3.05) is 27.9 Å². The van der Waals surface area contributed by atoms with E-state index >= 15 is 0 Å². The fraction of sp³-hybridized carbons (Fsp3) is 0.571. The van der Waals surface area contributed by atoms with Gasteiger partial charge in [-0.3, -0.25) is 0 Å². The monoisotopic (exact) mass is 287 g/mol. The van der Waals surface area contributed by atoms with Crippen molar-refractivity contribution >= 4 is 11.6 Å². The summed E-state index contributed by atoms with van der Waals surface area (Å²) in [6.45, 7) is 5.49. The lowest BCUT2D eigenvalue weighted by Gasteiger charge is -2.23. The number of nitrogens with one attached hydrogen (secondary N) is 1. The summed E-state index contributed by atoms with van der Waals surface area (Å²) >= 11 is 6.15. The van der Waals surface area contributed by atoms with E-state index in [2.05, 4.69) is 5.32 Å². The van der Waals surface area contributed by atoms with Crippen molar-refractivity contribution < 1.29 is 14.2 Å². The zero-order chi connectivity index (χ0) is 14.5. The van der Waals surface area contributed by atoms with E-state index in [-0.39, 0.29) is 5.60 Å². The van der Waals surface area contributed by atoms with Crippen LogP contribution in [0.5, 0.6) is 11.5 Å². The van der Waals surface area contributed by atoms with Gasteiger partial charge in [0.2, 0.25) is 0 Å². The topological polar surface area (TPSA) is 39.7 Å². The van der Waals surface area contributed by atoms with Crippen molar-refractivity contribution in [2.45, 2.75) is 26.0 Å². The fourth-order valence-corrected chi connectivity index (χ4v) is 1.96. The second-order valence-electron chi connectivity index (χ2n) is 4.88. The fourth-order valence-electron chi connectivity index (χ4n) is 1.65. The third kappa shape index (κ3) is 4.56. The predicted octanol–water partition coefficient (Wildman–Crippen LogP) is 2.87. The van der Waals surface area contributed by atoms with Crippen LogP contribution in [0.25, 0.3) is 0 Å². The van der Waals surface area contributed by atoms with Gasteiger partial charge >= 0.3 is 0 Å². The number of ether oxygens (including phenoxy) is 3. The summed E-state index contributed by atoms with van der Waals surface area (Å²) < 4.78 is 15.8. The van der Waals surface area contributed by atoms with Crippen LogP contribution in [0.3, 0.4) is 0 Å². The molecule has 0 aliphatic heterocycles. The van der Waals surface area contributed by atoms with Gasteiger partial charge in [-0.2, -0.15) is 0 Å².